The average Bonchev–Trinajstić information content (AvgIpc) is 3.16. The standard InChI is InChI=1S/C17H20N2O2/c1-2-12-7-9-13(10-8-12)16-15(17(20)21)11-19(18-16)14-5-3-4-6-14/h7-11,14H,2-6H2,1H3,(H,20,21). The molecule has 4 heteroatoms. The number of carboxylic acids is 1. The summed E-state index contributed by atoms with van der Waals surface area (Å²) < 4.78 is 1.86. The first-order valence-electron chi connectivity index (χ1n) is 7.60. The third-order valence-corrected chi connectivity index (χ3v) is 4.30. The maximum atomic E-state index is 11.5. The molecule has 1 aliphatic carbocycles. The van der Waals surface area contributed by atoms with Gasteiger partial charge in [0.1, 0.15) is 11.3 Å². The van der Waals surface area contributed by atoms with Gasteiger partial charge < -0.3 is 5.11 Å². The van der Waals surface area contributed by atoms with Gasteiger partial charge in [-0.2, -0.15) is 5.10 Å². The van der Waals surface area contributed by atoms with Crippen LogP contribution in [-0.2, 0) is 6.42 Å². The fourth-order valence-electron chi connectivity index (χ4n) is 3.02. The van der Waals surface area contributed by atoms with E-state index < -0.39 is 5.97 Å². The van der Waals surface area contributed by atoms with Gasteiger partial charge in [0.2, 0.25) is 0 Å². The zero-order chi connectivity index (χ0) is 14.8. The molecule has 0 spiro atoms. The monoisotopic (exact) mass is 284 g/mol. The van der Waals surface area contributed by atoms with E-state index >= 15 is 0 Å². The summed E-state index contributed by atoms with van der Waals surface area (Å²) in [4.78, 5) is 11.5. The highest BCUT2D eigenvalue weighted by atomic mass is 16.4. The van der Waals surface area contributed by atoms with E-state index in [-0.39, 0.29) is 0 Å². The van der Waals surface area contributed by atoms with Crippen LogP contribution in [0.5, 0.6) is 0 Å². The first-order valence-corrected chi connectivity index (χ1v) is 7.60. The molecule has 3 rings (SSSR count). The molecule has 1 heterocycles. The van der Waals surface area contributed by atoms with Crippen molar-refractivity contribution in [2.75, 3.05) is 0 Å². The lowest BCUT2D eigenvalue weighted by Gasteiger charge is -2.08. The minimum atomic E-state index is -0.909. The van der Waals surface area contributed by atoms with Crippen molar-refractivity contribution in [2.24, 2.45) is 0 Å². The van der Waals surface area contributed by atoms with Gasteiger partial charge in [-0.25, -0.2) is 4.79 Å². The van der Waals surface area contributed by atoms with Crippen molar-refractivity contribution >= 4 is 5.97 Å². The quantitative estimate of drug-likeness (QED) is 0.925. The normalized spacial score (nSPS) is 15.5. The van der Waals surface area contributed by atoms with Crippen molar-refractivity contribution in [2.45, 2.75) is 45.1 Å². The van der Waals surface area contributed by atoms with Crippen molar-refractivity contribution in [3.05, 3.63) is 41.6 Å². The Morgan fingerprint density at radius 2 is 1.95 bits per heavy atom. The molecule has 0 aliphatic heterocycles. The number of aryl methyl sites for hydroxylation is 1. The molecule has 1 aromatic carbocycles. The van der Waals surface area contributed by atoms with Gasteiger partial charge in [-0.3, -0.25) is 4.68 Å². The van der Waals surface area contributed by atoms with Crippen LogP contribution in [0.3, 0.4) is 0 Å². The predicted molar refractivity (Wildman–Crippen MR) is 81.5 cm³/mol. The SMILES string of the molecule is CCc1ccc(-c2nn(C3CCCC3)cc2C(=O)O)cc1. The van der Waals surface area contributed by atoms with Gasteiger partial charge in [-0.15, -0.1) is 0 Å². The maximum Gasteiger partial charge on any atom is 0.339 e. The van der Waals surface area contributed by atoms with Crippen LogP contribution in [0.1, 0.15) is 54.6 Å². The smallest absolute Gasteiger partial charge is 0.339 e. The van der Waals surface area contributed by atoms with Crippen molar-refractivity contribution < 1.29 is 9.90 Å². The summed E-state index contributed by atoms with van der Waals surface area (Å²) in [5, 5.41) is 14.0. The Balaban J connectivity index is 2.00. The first kappa shape index (κ1) is 13.9. The van der Waals surface area contributed by atoms with Gasteiger partial charge >= 0.3 is 5.97 Å². The summed E-state index contributed by atoms with van der Waals surface area (Å²) in [5.74, 6) is -0.909. The fraction of sp³-hybridized carbons (Fsp3) is 0.412. The lowest BCUT2D eigenvalue weighted by atomic mass is 10.1. The Hall–Kier alpha value is -2.10. The molecule has 0 saturated heterocycles. The van der Waals surface area contributed by atoms with E-state index in [1.807, 2.05) is 28.9 Å². The van der Waals surface area contributed by atoms with Gasteiger partial charge in [0.25, 0.3) is 0 Å². The summed E-state index contributed by atoms with van der Waals surface area (Å²) in [6.07, 6.45) is 7.26. The number of carboxylic acid groups (broad SMARTS) is 1. The summed E-state index contributed by atoms with van der Waals surface area (Å²) in [5.41, 5.74) is 3.00. The van der Waals surface area contributed by atoms with Gasteiger partial charge in [0.15, 0.2) is 0 Å². The van der Waals surface area contributed by atoms with E-state index in [2.05, 4.69) is 12.0 Å². The fourth-order valence-corrected chi connectivity index (χ4v) is 3.02. The number of nitrogens with zero attached hydrogens (tertiary/aromatic N) is 2. The minimum Gasteiger partial charge on any atom is -0.478 e. The Morgan fingerprint density at radius 1 is 1.29 bits per heavy atom. The highest BCUT2D eigenvalue weighted by Crippen LogP contribution is 2.31. The third kappa shape index (κ3) is 2.71. The van der Waals surface area contributed by atoms with Gasteiger partial charge in [-0.1, -0.05) is 44.0 Å². The number of rotatable bonds is 4. The molecule has 2 aromatic rings. The van der Waals surface area contributed by atoms with E-state index in [0.717, 1.165) is 24.8 Å². The number of hydrogen-bond donors (Lipinski definition) is 1. The Kier molecular flexibility index (Phi) is 3.78. The van der Waals surface area contributed by atoms with Crippen LogP contribution in [0, 0.1) is 0 Å². The molecule has 21 heavy (non-hydrogen) atoms. The maximum absolute atomic E-state index is 11.5. The van der Waals surface area contributed by atoms with Gasteiger partial charge in [-0.05, 0) is 24.8 Å². The van der Waals surface area contributed by atoms with Crippen LogP contribution in [0.2, 0.25) is 0 Å². The number of aromatic nitrogens is 2. The molecular weight excluding hydrogens is 264 g/mol. The van der Waals surface area contributed by atoms with E-state index in [1.54, 1.807) is 6.20 Å². The number of hydrogen-bond acceptors (Lipinski definition) is 2. The largest absolute Gasteiger partial charge is 0.478 e. The average molecular weight is 284 g/mol. The highest BCUT2D eigenvalue weighted by Gasteiger charge is 2.23. The van der Waals surface area contributed by atoms with Crippen LogP contribution in [0.15, 0.2) is 30.5 Å². The second-order valence-electron chi connectivity index (χ2n) is 5.67. The number of aromatic carboxylic acids is 1. The van der Waals surface area contributed by atoms with Crippen LogP contribution >= 0.6 is 0 Å². The van der Waals surface area contributed by atoms with Crippen molar-refractivity contribution in [1.29, 1.82) is 0 Å². The predicted octanol–water partition coefficient (Wildman–Crippen LogP) is 3.93. The molecule has 0 unspecified atom stereocenters. The van der Waals surface area contributed by atoms with Gasteiger partial charge in [0.05, 0.1) is 6.04 Å². The van der Waals surface area contributed by atoms with E-state index in [1.165, 1.54) is 18.4 Å². The second-order valence-corrected chi connectivity index (χ2v) is 5.67. The molecule has 1 aliphatic rings. The topological polar surface area (TPSA) is 55.1 Å². The molecule has 110 valence electrons. The zero-order valence-corrected chi connectivity index (χ0v) is 12.2. The van der Waals surface area contributed by atoms with E-state index in [0.29, 0.717) is 17.3 Å². The Morgan fingerprint density at radius 3 is 2.52 bits per heavy atom. The van der Waals surface area contributed by atoms with Crippen LogP contribution in [0.25, 0.3) is 11.3 Å². The van der Waals surface area contributed by atoms with Gasteiger partial charge in [0, 0.05) is 11.8 Å². The summed E-state index contributed by atoms with van der Waals surface area (Å²) in [6.45, 7) is 2.10. The molecule has 0 bridgehead atoms. The van der Waals surface area contributed by atoms with Crippen LogP contribution in [-0.4, -0.2) is 20.9 Å². The molecule has 1 aromatic heterocycles. The molecular formula is C17H20N2O2. The molecule has 1 N–H and O–H groups in total. The zero-order valence-electron chi connectivity index (χ0n) is 12.2. The van der Waals surface area contributed by atoms with Crippen LogP contribution < -0.4 is 0 Å². The molecule has 1 saturated carbocycles. The Labute approximate surface area is 124 Å². The van der Waals surface area contributed by atoms with E-state index in [4.69, 9.17) is 0 Å². The third-order valence-electron chi connectivity index (χ3n) is 4.30. The van der Waals surface area contributed by atoms with Crippen molar-refractivity contribution in [3.63, 3.8) is 0 Å². The molecule has 0 atom stereocenters. The molecule has 1 fully saturated rings. The number of carbonyl (C=O) groups is 1. The first-order chi connectivity index (χ1) is 10.2. The van der Waals surface area contributed by atoms with E-state index in [9.17, 15) is 9.90 Å². The lowest BCUT2D eigenvalue weighted by Crippen LogP contribution is -2.05. The molecule has 4 nitrogen and oxygen atoms in total. The van der Waals surface area contributed by atoms with Crippen molar-refractivity contribution in [3.8, 4) is 11.3 Å². The minimum absolute atomic E-state index is 0.297. The van der Waals surface area contributed by atoms with Crippen LogP contribution in [0.4, 0.5) is 0 Å². The Bertz CT molecular complexity index is 637. The molecule has 0 radical (unpaired) electrons. The summed E-state index contributed by atoms with van der Waals surface area (Å²) in [7, 11) is 0. The summed E-state index contributed by atoms with van der Waals surface area (Å²) >= 11 is 0. The lowest BCUT2D eigenvalue weighted by molar-refractivity contribution is 0.0697. The summed E-state index contributed by atoms with van der Waals surface area (Å²) in [6, 6.07) is 8.36. The second kappa shape index (κ2) is 5.72. The highest BCUT2D eigenvalue weighted by molar-refractivity contribution is 5.94. The number of benzene rings is 1. The molecule has 0 amide bonds. The van der Waals surface area contributed by atoms with Crippen molar-refractivity contribution in [1.82, 2.24) is 9.78 Å².